The number of para-hydroxylation sites is 1. The molecule has 35 heavy (non-hydrogen) atoms. The largest absolute Gasteiger partial charge is 0.353 e. The third-order valence-electron chi connectivity index (χ3n) is 6.76. The lowest BCUT2D eigenvalue weighted by atomic mass is 9.95. The first-order valence-corrected chi connectivity index (χ1v) is 12.3. The van der Waals surface area contributed by atoms with Crippen LogP contribution in [-0.4, -0.2) is 21.1 Å². The van der Waals surface area contributed by atoms with Gasteiger partial charge in [0.25, 0.3) is 5.56 Å². The van der Waals surface area contributed by atoms with Crippen molar-refractivity contribution in [2.75, 3.05) is 0 Å². The van der Waals surface area contributed by atoms with Gasteiger partial charge in [-0.2, -0.15) is 0 Å². The number of carbonyl (C=O) groups excluding carboxylic acids is 1. The maximum atomic E-state index is 13.6. The first-order valence-electron chi connectivity index (χ1n) is 12.3. The van der Waals surface area contributed by atoms with Crippen LogP contribution in [0.1, 0.15) is 43.2 Å². The lowest BCUT2D eigenvalue weighted by Gasteiger charge is -2.22. The maximum Gasteiger partial charge on any atom is 0.336 e. The fourth-order valence-corrected chi connectivity index (χ4v) is 4.94. The molecule has 178 valence electrons. The summed E-state index contributed by atoms with van der Waals surface area (Å²) in [5.74, 6) is 0.0118. The second-order valence-corrected chi connectivity index (χ2v) is 9.26. The van der Waals surface area contributed by atoms with E-state index in [1.54, 1.807) is 34.9 Å². The summed E-state index contributed by atoms with van der Waals surface area (Å²) in [7, 11) is 0. The van der Waals surface area contributed by atoms with E-state index in [0.29, 0.717) is 23.1 Å². The van der Waals surface area contributed by atoms with Gasteiger partial charge in [0, 0.05) is 6.04 Å². The third-order valence-corrected chi connectivity index (χ3v) is 6.76. The fraction of sp³-hybridized carbons (Fsp3) is 0.276. The molecule has 0 atom stereocenters. The first kappa shape index (κ1) is 22.8. The van der Waals surface area contributed by atoms with Crippen molar-refractivity contribution in [1.82, 2.24) is 14.5 Å². The van der Waals surface area contributed by atoms with Crippen LogP contribution in [0.25, 0.3) is 16.6 Å². The zero-order valence-electron chi connectivity index (χ0n) is 19.7. The molecule has 1 N–H and O–H groups in total. The monoisotopic (exact) mass is 467 g/mol. The Morgan fingerprint density at radius 2 is 1.49 bits per heavy atom. The molecule has 3 aromatic carbocycles. The van der Waals surface area contributed by atoms with Crippen molar-refractivity contribution in [3.8, 4) is 5.69 Å². The van der Waals surface area contributed by atoms with Crippen LogP contribution in [0, 0.1) is 0 Å². The topological polar surface area (TPSA) is 73.1 Å². The quantitative estimate of drug-likeness (QED) is 0.462. The van der Waals surface area contributed by atoms with Crippen molar-refractivity contribution < 1.29 is 4.79 Å². The van der Waals surface area contributed by atoms with Crippen LogP contribution in [0.4, 0.5) is 0 Å². The molecule has 0 radical (unpaired) electrons. The Labute approximate surface area is 203 Å². The van der Waals surface area contributed by atoms with Crippen molar-refractivity contribution in [1.29, 1.82) is 0 Å². The van der Waals surface area contributed by atoms with Crippen LogP contribution in [0.2, 0.25) is 0 Å². The summed E-state index contributed by atoms with van der Waals surface area (Å²) in [6.45, 7) is 0.361. The molecular weight excluding hydrogens is 438 g/mol. The molecule has 0 spiro atoms. The van der Waals surface area contributed by atoms with Crippen LogP contribution in [0.15, 0.2) is 88.5 Å². The van der Waals surface area contributed by atoms with E-state index in [1.165, 1.54) is 23.8 Å². The van der Waals surface area contributed by atoms with Gasteiger partial charge in [-0.3, -0.25) is 14.2 Å². The SMILES string of the molecule is O=C(Cc1ccc(-n2c(=O)c3ccccc3n(Cc3ccccc3)c2=O)cc1)NC1CCCCC1. The van der Waals surface area contributed by atoms with E-state index in [9.17, 15) is 14.4 Å². The van der Waals surface area contributed by atoms with Crippen LogP contribution < -0.4 is 16.6 Å². The molecule has 0 saturated heterocycles. The van der Waals surface area contributed by atoms with Crippen LogP contribution in [-0.2, 0) is 17.8 Å². The Bertz CT molecular complexity index is 1450. The fourth-order valence-electron chi connectivity index (χ4n) is 4.94. The summed E-state index contributed by atoms with van der Waals surface area (Å²) in [6, 6.07) is 24.3. The number of benzene rings is 3. The number of nitrogens with zero attached hydrogens (tertiary/aromatic N) is 2. The van der Waals surface area contributed by atoms with Crippen molar-refractivity contribution in [3.05, 3.63) is 111 Å². The molecule has 0 aliphatic heterocycles. The zero-order valence-corrected chi connectivity index (χ0v) is 19.7. The van der Waals surface area contributed by atoms with E-state index >= 15 is 0 Å². The van der Waals surface area contributed by atoms with E-state index in [1.807, 2.05) is 48.5 Å². The molecule has 0 bridgehead atoms. The number of aromatic nitrogens is 2. The Morgan fingerprint density at radius 3 is 2.23 bits per heavy atom. The van der Waals surface area contributed by atoms with Crippen LogP contribution in [0.3, 0.4) is 0 Å². The standard InChI is InChI=1S/C29H29N3O3/c33-27(30-23-11-5-2-6-12-23)19-21-15-17-24(18-16-21)32-28(34)25-13-7-8-14-26(25)31(29(32)35)20-22-9-3-1-4-10-22/h1,3-4,7-10,13-18,23H,2,5-6,11-12,19-20H2,(H,30,33). The normalized spacial score (nSPS) is 14.2. The maximum absolute atomic E-state index is 13.6. The third kappa shape index (κ3) is 4.97. The first-order chi connectivity index (χ1) is 17.1. The Morgan fingerprint density at radius 1 is 0.800 bits per heavy atom. The molecule has 1 heterocycles. The molecule has 1 fully saturated rings. The van der Waals surface area contributed by atoms with Crippen LogP contribution in [0.5, 0.6) is 0 Å². The summed E-state index contributed by atoms with van der Waals surface area (Å²) in [5, 5.41) is 3.62. The lowest BCUT2D eigenvalue weighted by Crippen LogP contribution is -2.39. The molecule has 4 aromatic rings. The van der Waals surface area contributed by atoms with E-state index < -0.39 is 0 Å². The minimum Gasteiger partial charge on any atom is -0.353 e. The van der Waals surface area contributed by atoms with Crippen molar-refractivity contribution in [3.63, 3.8) is 0 Å². The van der Waals surface area contributed by atoms with Gasteiger partial charge in [0.15, 0.2) is 0 Å². The van der Waals surface area contributed by atoms with E-state index in [0.717, 1.165) is 24.0 Å². The van der Waals surface area contributed by atoms with Gasteiger partial charge >= 0.3 is 5.69 Å². The van der Waals surface area contributed by atoms with Gasteiger partial charge in [-0.15, -0.1) is 0 Å². The molecule has 6 heteroatoms. The second kappa shape index (κ2) is 10.1. The van der Waals surface area contributed by atoms with Gasteiger partial charge in [-0.05, 0) is 48.2 Å². The van der Waals surface area contributed by atoms with Crippen molar-refractivity contribution in [2.24, 2.45) is 0 Å². The highest BCUT2D eigenvalue weighted by Crippen LogP contribution is 2.18. The smallest absolute Gasteiger partial charge is 0.336 e. The number of fused-ring (bicyclic) bond motifs is 1. The predicted molar refractivity (Wildman–Crippen MR) is 138 cm³/mol. The predicted octanol–water partition coefficient (Wildman–Crippen LogP) is 4.19. The molecule has 1 aromatic heterocycles. The minimum absolute atomic E-state index is 0.0118. The van der Waals surface area contributed by atoms with Gasteiger partial charge in [-0.25, -0.2) is 9.36 Å². The summed E-state index contributed by atoms with van der Waals surface area (Å²) in [4.78, 5) is 39.4. The summed E-state index contributed by atoms with van der Waals surface area (Å²) in [6.07, 6.45) is 5.95. The highest BCUT2D eigenvalue weighted by Gasteiger charge is 2.17. The molecular formula is C29H29N3O3. The lowest BCUT2D eigenvalue weighted by molar-refractivity contribution is -0.121. The number of carbonyl (C=O) groups is 1. The molecule has 6 nitrogen and oxygen atoms in total. The Balaban J connectivity index is 1.46. The molecule has 5 rings (SSSR count). The van der Waals surface area contributed by atoms with Gasteiger partial charge < -0.3 is 5.32 Å². The highest BCUT2D eigenvalue weighted by atomic mass is 16.2. The van der Waals surface area contributed by atoms with E-state index in [2.05, 4.69) is 5.32 Å². The Hall–Kier alpha value is -3.93. The molecule has 1 aliphatic rings. The highest BCUT2D eigenvalue weighted by molar-refractivity contribution is 5.79. The summed E-state index contributed by atoms with van der Waals surface area (Å²) < 4.78 is 2.86. The average Bonchev–Trinajstić information content (AvgIpc) is 2.89. The summed E-state index contributed by atoms with van der Waals surface area (Å²) in [5.41, 5.74) is 2.19. The number of amides is 1. The number of rotatable bonds is 6. The van der Waals surface area contributed by atoms with Gasteiger partial charge in [0.1, 0.15) is 0 Å². The molecule has 1 amide bonds. The zero-order chi connectivity index (χ0) is 24.2. The van der Waals surface area contributed by atoms with Gasteiger partial charge in [0.2, 0.25) is 5.91 Å². The molecule has 0 unspecified atom stereocenters. The van der Waals surface area contributed by atoms with E-state index in [4.69, 9.17) is 0 Å². The number of hydrogen-bond donors (Lipinski definition) is 1. The van der Waals surface area contributed by atoms with Gasteiger partial charge in [0.05, 0.1) is 29.6 Å². The minimum atomic E-state index is -0.389. The average molecular weight is 468 g/mol. The van der Waals surface area contributed by atoms with Gasteiger partial charge in [-0.1, -0.05) is 73.9 Å². The van der Waals surface area contributed by atoms with Crippen molar-refractivity contribution >= 4 is 16.8 Å². The summed E-state index contributed by atoms with van der Waals surface area (Å²) >= 11 is 0. The number of nitrogens with one attached hydrogen (secondary N) is 1. The molecule has 1 saturated carbocycles. The molecule has 1 aliphatic carbocycles. The Kier molecular flexibility index (Phi) is 6.62. The number of hydrogen-bond acceptors (Lipinski definition) is 3. The van der Waals surface area contributed by atoms with Crippen molar-refractivity contribution in [2.45, 2.75) is 51.1 Å². The second-order valence-electron chi connectivity index (χ2n) is 9.26. The van der Waals surface area contributed by atoms with Crippen LogP contribution >= 0.6 is 0 Å². The van der Waals surface area contributed by atoms with E-state index in [-0.39, 0.29) is 29.6 Å².